The predicted octanol–water partition coefficient (Wildman–Crippen LogP) is 3.05. The van der Waals surface area contributed by atoms with Crippen molar-refractivity contribution in [2.45, 2.75) is 19.3 Å². The molecular weight excluding hydrogens is 262 g/mol. The molecule has 0 amide bonds. The first kappa shape index (κ1) is 14.0. The second kappa shape index (κ2) is 6.19. The van der Waals surface area contributed by atoms with Crippen LogP contribution in [0.1, 0.15) is 22.6 Å². The Hall–Kier alpha value is -2.00. The van der Waals surface area contributed by atoms with Gasteiger partial charge in [0, 0.05) is 5.92 Å². The van der Waals surface area contributed by atoms with Crippen LogP contribution in [-0.2, 0) is 6.42 Å². The molecule has 21 heavy (non-hydrogen) atoms. The zero-order valence-corrected chi connectivity index (χ0v) is 12.3. The summed E-state index contributed by atoms with van der Waals surface area (Å²) in [6.45, 7) is 3.98. The third-order valence-corrected chi connectivity index (χ3v) is 3.92. The molecule has 0 fully saturated rings. The lowest BCUT2D eigenvalue weighted by Gasteiger charge is -2.20. The van der Waals surface area contributed by atoms with Crippen molar-refractivity contribution in [3.8, 4) is 11.5 Å². The van der Waals surface area contributed by atoms with Gasteiger partial charge in [0.05, 0.1) is 0 Å². The van der Waals surface area contributed by atoms with E-state index in [4.69, 9.17) is 15.2 Å². The van der Waals surface area contributed by atoms with Crippen LogP contribution in [0.5, 0.6) is 11.5 Å². The molecule has 0 saturated heterocycles. The molecule has 0 aliphatic carbocycles. The van der Waals surface area contributed by atoms with E-state index >= 15 is 0 Å². The van der Waals surface area contributed by atoms with Gasteiger partial charge in [0.2, 0.25) is 0 Å². The minimum atomic E-state index is 0.327. The van der Waals surface area contributed by atoms with Crippen molar-refractivity contribution >= 4 is 0 Å². The van der Waals surface area contributed by atoms with Crippen molar-refractivity contribution in [1.29, 1.82) is 0 Å². The van der Waals surface area contributed by atoms with Crippen LogP contribution in [0, 0.1) is 6.92 Å². The summed E-state index contributed by atoms with van der Waals surface area (Å²) in [5.74, 6) is 2.01. The molecule has 1 heterocycles. The fraction of sp³-hybridized carbons (Fsp3) is 0.333. The first-order chi connectivity index (χ1) is 10.3. The van der Waals surface area contributed by atoms with Crippen LogP contribution in [0.3, 0.4) is 0 Å². The summed E-state index contributed by atoms with van der Waals surface area (Å²) in [4.78, 5) is 0. The van der Waals surface area contributed by atoms with Gasteiger partial charge in [-0.15, -0.1) is 0 Å². The lowest BCUT2D eigenvalue weighted by molar-refractivity contribution is 0.171. The zero-order chi connectivity index (χ0) is 14.7. The number of rotatable bonds is 4. The van der Waals surface area contributed by atoms with Crippen molar-refractivity contribution in [3.63, 3.8) is 0 Å². The van der Waals surface area contributed by atoms with Gasteiger partial charge in [-0.2, -0.15) is 0 Å². The third kappa shape index (κ3) is 3.19. The summed E-state index contributed by atoms with van der Waals surface area (Å²) in [5.41, 5.74) is 9.77. The minimum absolute atomic E-state index is 0.327. The number of hydrogen-bond acceptors (Lipinski definition) is 3. The molecule has 0 bridgehead atoms. The Morgan fingerprint density at radius 1 is 1.00 bits per heavy atom. The minimum Gasteiger partial charge on any atom is -0.486 e. The van der Waals surface area contributed by atoms with Crippen molar-refractivity contribution in [3.05, 3.63) is 59.2 Å². The Morgan fingerprint density at radius 2 is 1.71 bits per heavy atom. The SMILES string of the molecule is Cc1ccc(C(CN)Cc2ccc3c(c2)OCCO3)cc1. The Bertz CT molecular complexity index is 607. The zero-order valence-electron chi connectivity index (χ0n) is 12.3. The second-order valence-electron chi connectivity index (χ2n) is 5.53. The molecule has 3 rings (SSSR count). The molecule has 2 aromatic rings. The summed E-state index contributed by atoms with van der Waals surface area (Å²) >= 11 is 0. The van der Waals surface area contributed by atoms with Gasteiger partial charge in [-0.3, -0.25) is 0 Å². The predicted molar refractivity (Wildman–Crippen MR) is 84.1 cm³/mol. The quantitative estimate of drug-likeness (QED) is 0.938. The van der Waals surface area contributed by atoms with Gasteiger partial charge >= 0.3 is 0 Å². The van der Waals surface area contributed by atoms with Crippen molar-refractivity contribution < 1.29 is 9.47 Å². The fourth-order valence-corrected chi connectivity index (χ4v) is 2.68. The number of ether oxygens (including phenoxy) is 2. The van der Waals surface area contributed by atoms with Crippen LogP contribution >= 0.6 is 0 Å². The normalized spacial score (nSPS) is 14.8. The molecule has 0 radical (unpaired) electrons. The first-order valence-corrected chi connectivity index (χ1v) is 7.41. The molecule has 3 heteroatoms. The molecule has 3 nitrogen and oxygen atoms in total. The smallest absolute Gasteiger partial charge is 0.161 e. The Kier molecular flexibility index (Phi) is 4.11. The van der Waals surface area contributed by atoms with E-state index in [0.29, 0.717) is 25.7 Å². The van der Waals surface area contributed by atoms with Crippen LogP contribution < -0.4 is 15.2 Å². The Balaban J connectivity index is 1.79. The molecule has 2 aromatic carbocycles. The van der Waals surface area contributed by atoms with Crippen LogP contribution in [0.15, 0.2) is 42.5 Å². The van der Waals surface area contributed by atoms with Gasteiger partial charge in [-0.1, -0.05) is 35.9 Å². The molecule has 1 atom stereocenters. The van der Waals surface area contributed by atoms with E-state index in [0.717, 1.165) is 17.9 Å². The van der Waals surface area contributed by atoms with Crippen LogP contribution in [0.25, 0.3) is 0 Å². The van der Waals surface area contributed by atoms with E-state index in [1.165, 1.54) is 16.7 Å². The number of nitrogens with two attached hydrogens (primary N) is 1. The van der Waals surface area contributed by atoms with Crippen LogP contribution in [0.4, 0.5) is 0 Å². The molecule has 110 valence electrons. The van der Waals surface area contributed by atoms with Gasteiger partial charge < -0.3 is 15.2 Å². The summed E-state index contributed by atoms with van der Waals surface area (Å²) in [6, 6.07) is 14.8. The van der Waals surface area contributed by atoms with Crippen LogP contribution in [-0.4, -0.2) is 19.8 Å². The van der Waals surface area contributed by atoms with Gasteiger partial charge in [0.25, 0.3) is 0 Å². The van der Waals surface area contributed by atoms with Gasteiger partial charge in [-0.25, -0.2) is 0 Å². The monoisotopic (exact) mass is 283 g/mol. The molecular formula is C18H21NO2. The van der Waals surface area contributed by atoms with Crippen molar-refractivity contribution in [2.24, 2.45) is 5.73 Å². The molecule has 0 spiro atoms. The summed E-state index contributed by atoms with van der Waals surface area (Å²) in [6.07, 6.45) is 0.913. The number of hydrogen-bond donors (Lipinski definition) is 1. The molecule has 1 unspecified atom stereocenters. The van der Waals surface area contributed by atoms with E-state index in [1.807, 2.05) is 6.07 Å². The maximum Gasteiger partial charge on any atom is 0.161 e. The van der Waals surface area contributed by atoms with E-state index in [-0.39, 0.29) is 0 Å². The highest BCUT2D eigenvalue weighted by Crippen LogP contribution is 2.32. The standard InChI is InChI=1S/C18H21NO2/c1-13-2-5-15(6-3-13)16(12-19)10-14-4-7-17-18(11-14)21-9-8-20-17/h2-7,11,16H,8-10,12,19H2,1H3. The summed E-state index contributed by atoms with van der Waals surface area (Å²) in [5, 5.41) is 0. The maximum atomic E-state index is 5.97. The first-order valence-electron chi connectivity index (χ1n) is 7.41. The number of fused-ring (bicyclic) bond motifs is 1. The number of aryl methyl sites for hydroxylation is 1. The fourth-order valence-electron chi connectivity index (χ4n) is 2.68. The highest BCUT2D eigenvalue weighted by atomic mass is 16.6. The highest BCUT2D eigenvalue weighted by molar-refractivity contribution is 5.44. The number of benzene rings is 2. The van der Waals surface area contributed by atoms with E-state index in [9.17, 15) is 0 Å². The molecule has 0 saturated carbocycles. The summed E-state index contributed by atoms with van der Waals surface area (Å²) in [7, 11) is 0. The largest absolute Gasteiger partial charge is 0.486 e. The topological polar surface area (TPSA) is 44.5 Å². The van der Waals surface area contributed by atoms with E-state index in [1.54, 1.807) is 0 Å². The average molecular weight is 283 g/mol. The van der Waals surface area contributed by atoms with Gasteiger partial charge in [-0.05, 0) is 43.1 Å². The van der Waals surface area contributed by atoms with Crippen molar-refractivity contribution in [1.82, 2.24) is 0 Å². The Morgan fingerprint density at radius 3 is 2.43 bits per heavy atom. The third-order valence-electron chi connectivity index (χ3n) is 3.92. The van der Waals surface area contributed by atoms with E-state index < -0.39 is 0 Å². The Labute approximate surface area is 125 Å². The lowest BCUT2D eigenvalue weighted by atomic mass is 9.91. The molecule has 1 aliphatic rings. The van der Waals surface area contributed by atoms with Gasteiger partial charge in [0.1, 0.15) is 13.2 Å². The van der Waals surface area contributed by atoms with Gasteiger partial charge in [0.15, 0.2) is 11.5 Å². The second-order valence-corrected chi connectivity index (χ2v) is 5.53. The van der Waals surface area contributed by atoms with Crippen LogP contribution in [0.2, 0.25) is 0 Å². The molecule has 2 N–H and O–H groups in total. The molecule has 0 aromatic heterocycles. The van der Waals surface area contributed by atoms with E-state index in [2.05, 4.69) is 43.3 Å². The van der Waals surface area contributed by atoms with Crippen molar-refractivity contribution in [2.75, 3.05) is 19.8 Å². The average Bonchev–Trinajstić information content (AvgIpc) is 2.53. The highest BCUT2D eigenvalue weighted by Gasteiger charge is 2.15. The lowest BCUT2D eigenvalue weighted by Crippen LogP contribution is -2.17. The molecule has 1 aliphatic heterocycles. The summed E-state index contributed by atoms with van der Waals surface area (Å²) < 4.78 is 11.2. The maximum absolute atomic E-state index is 5.97.